The van der Waals surface area contributed by atoms with Gasteiger partial charge in [-0.2, -0.15) is 11.8 Å². The largest absolute Gasteiger partial charge is 0.465 e. The summed E-state index contributed by atoms with van der Waals surface area (Å²) in [7, 11) is 0. The van der Waals surface area contributed by atoms with E-state index in [1.807, 2.05) is 18.7 Å². The lowest BCUT2D eigenvalue weighted by molar-refractivity contribution is -0.145. The number of hydrogen-bond donors (Lipinski definition) is 1. The molecule has 0 spiro atoms. The van der Waals surface area contributed by atoms with Crippen molar-refractivity contribution in [3.05, 3.63) is 35.4 Å². The van der Waals surface area contributed by atoms with Crippen LogP contribution < -0.4 is 5.32 Å². The molecule has 1 saturated carbocycles. The van der Waals surface area contributed by atoms with Gasteiger partial charge in [-0.15, -0.1) is 0 Å². The SMILES string of the molecule is CCOC(=O)C(CCSCc1cccc(C)c1)NC1CC1. The molecule has 1 aliphatic carbocycles. The number of thioether (sulfide) groups is 1. The number of rotatable bonds is 9. The number of carbonyl (C=O) groups excluding carboxylic acids is 1. The molecule has 1 unspecified atom stereocenters. The Kier molecular flexibility index (Phi) is 6.58. The number of aryl methyl sites for hydroxylation is 1. The van der Waals surface area contributed by atoms with E-state index in [1.54, 1.807) is 0 Å². The molecule has 0 amide bonds. The highest BCUT2D eigenvalue weighted by atomic mass is 32.2. The van der Waals surface area contributed by atoms with Gasteiger partial charge in [0.1, 0.15) is 6.04 Å². The van der Waals surface area contributed by atoms with Crippen LogP contribution in [0.2, 0.25) is 0 Å². The minimum Gasteiger partial charge on any atom is -0.465 e. The smallest absolute Gasteiger partial charge is 0.323 e. The Bertz CT molecular complexity index is 460. The third kappa shape index (κ3) is 6.10. The quantitative estimate of drug-likeness (QED) is 0.561. The molecule has 0 aliphatic heterocycles. The summed E-state index contributed by atoms with van der Waals surface area (Å²) in [6, 6.07) is 8.98. The number of esters is 1. The van der Waals surface area contributed by atoms with Gasteiger partial charge in [-0.25, -0.2) is 0 Å². The van der Waals surface area contributed by atoms with Crippen molar-refractivity contribution in [2.75, 3.05) is 12.4 Å². The molecule has 21 heavy (non-hydrogen) atoms. The lowest BCUT2D eigenvalue weighted by Crippen LogP contribution is -2.39. The first-order valence-corrected chi connectivity index (χ1v) is 8.90. The maximum Gasteiger partial charge on any atom is 0.323 e. The molecule has 1 atom stereocenters. The maximum absolute atomic E-state index is 11.9. The standard InChI is InChI=1S/C17H25NO2S/c1-3-20-17(19)16(18-15-7-8-15)9-10-21-12-14-6-4-5-13(2)11-14/h4-6,11,15-16,18H,3,7-10,12H2,1-2H3. The van der Waals surface area contributed by atoms with Gasteiger partial charge in [-0.05, 0) is 44.4 Å². The molecule has 3 nitrogen and oxygen atoms in total. The molecule has 0 bridgehead atoms. The molecular formula is C17H25NO2S. The fourth-order valence-corrected chi connectivity index (χ4v) is 3.20. The van der Waals surface area contributed by atoms with Crippen molar-refractivity contribution in [3.63, 3.8) is 0 Å². The lowest BCUT2D eigenvalue weighted by Gasteiger charge is -2.16. The van der Waals surface area contributed by atoms with Crippen LogP contribution in [0.4, 0.5) is 0 Å². The summed E-state index contributed by atoms with van der Waals surface area (Å²) in [5, 5.41) is 3.40. The van der Waals surface area contributed by atoms with Gasteiger partial charge in [0.2, 0.25) is 0 Å². The van der Waals surface area contributed by atoms with Gasteiger partial charge >= 0.3 is 5.97 Å². The first-order chi connectivity index (χ1) is 10.2. The fourth-order valence-electron chi connectivity index (χ4n) is 2.24. The maximum atomic E-state index is 11.9. The Labute approximate surface area is 131 Å². The Morgan fingerprint density at radius 3 is 2.95 bits per heavy atom. The van der Waals surface area contributed by atoms with Crippen LogP contribution in [0.15, 0.2) is 24.3 Å². The number of hydrogen-bond acceptors (Lipinski definition) is 4. The average molecular weight is 307 g/mol. The minimum absolute atomic E-state index is 0.0967. The monoisotopic (exact) mass is 307 g/mol. The van der Waals surface area contributed by atoms with Crippen molar-refractivity contribution < 1.29 is 9.53 Å². The summed E-state index contributed by atoms with van der Waals surface area (Å²) < 4.78 is 5.15. The van der Waals surface area contributed by atoms with Crippen LogP contribution in [0.25, 0.3) is 0 Å². The minimum atomic E-state index is -0.137. The van der Waals surface area contributed by atoms with E-state index in [0.717, 1.165) is 17.9 Å². The second kappa shape index (κ2) is 8.44. The Morgan fingerprint density at radius 2 is 2.29 bits per heavy atom. The molecule has 2 rings (SSSR count). The Balaban J connectivity index is 1.72. The first-order valence-electron chi connectivity index (χ1n) is 7.75. The van der Waals surface area contributed by atoms with Gasteiger partial charge in [-0.3, -0.25) is 4.79 Å². The van der Waals surface area contributed by atoms with Gasteiger partial charge in [0.25, 0.3) is 0 Å². The van der Waals surface area contributed by atoms with Gasteiger partial charge < -0.3 is 10.1 Å². The van der Waals surface area contributed by atoms with Crippen LogP contribution in [0.1, 0.15) is 37.3 Å². The predicted octanol–water partition coefficient (Wildman–Crippen LogP) is 3.30. The van der Waals surface area contributed by atoms with Crippen molar-refractivity contribution in [1.29, 1.82) is 0 Å². The zero-order valence-corrected chi connectivity index (χ0v) is 13.7. The van der Waals surface area contributed by atoms with Crippen LogP contribution in [0.3, 0.4) is 0 Å². The molecular weight excluding hydrogens is 282 g/mol. The molecule has 116 valence electrons. The van der Waals surface area contributed by atoms with Crippen molar-refractivity contribution in [2.24, 2.45) is 0 Å². The van der Waals surface area contributed by atoms with Crippen LogP contribution >= 0.6 is 11.8 Å². The summed E-state index contributed by atoms with van der Waals surface area (Å²) in [6.45, 7) is 4.43. The molecule has 0 saturated heterocycles. The molecule has 4 heteroatoms. The molecule has 1 aromatic rings. The summed E-state index contributed by atoms with van der Waals surface area (Å²) in [5.41, 5.74) is 2.65. The number of carbonyl (C=O) groups is 1. The molecule has 0 aromatic heterocycles. The van der Waals surface area contributed by atoms with Crippen molar-refractivity contribution in [1.82, 2.24) is 5.32 Å². The molecule has 0 heterocycles. The van der Waals surface area contributed by atoms with E-state index in [0.29, 0.717) is 12.6 Å². The highest BCUT2D eigenvalue weighted by Gasteiger charge is 2.28. The summed E-state index contributed by atoms with van der Waals surface area (Å²) in [4.78, 5) is 11.9. The van der Waals surface area contributed by atoms with E-state index in [9.17, 15) is 4.79 Å². The van der Waals surface area contributed by atoms with Crippen LogP contribution in [-0.4, -0.2) is 30.4 Å². The summed E-state index contributed by atoms with van der Waals surface area (Å²) >= 11 is 1.88. The molecule has 1 aliphatic rings. The fraction of sp³-hybridized carbons (Fsp3) is 0.588. The second-order valence-electron chi connectivity index (χ2n) is 5.58. The van der Waals surface area contributed by atoms with Crippen LogP contribution in [-0.2, 0) is 15.3 Å². The second-order valence-corrected chi connectivity index (χ2v) is 6.68. The normalized spacial score (nSPS) is 15.7. The molecule has 1 fully saturated rings. The third-order valence-electron chi connectivity index (χ3n) is 3.49. The molecule has 1 aromatic carbocycles. The topological polar surface area (TPSA) is 38.3 Å². The van der Waals surface area contributed by atoms with Gasteiger partial charge in [0.15, 0.2) is 0 Å². The lowest BCUT2D eigenvalue weighted by atomic mass is 10.2. The number of benzene rings is 1. The Morgan fingerprint density at radius 1 is 1.48 bits per heavy atom. The van der Waals surface area contributed by atoms with Crippen molar-refractivity contribution in [2.45, 2.75) is 50.9 Å². The van der Waals surface area contributed by atoms with Gasteiger partial charge in [0.05, 0.1) is 6.61 Å². The van der Waals surface area contributed by atoms with E-state index in [-0.39, 0.29) is 12.0 Å². The summed E-state index contributed by atoms with van der Waals surface area (Å²) in [6.07, 6.45) is 3.21. The average Bonchev–Trinajstić information content (AvgIpc) is 3.26. The zero-order valence-electron chi connectivity index (χ0n) is 12.9. The van der Waals surface area contributed by atoms with Crippen LogP contribution in [0, 0.1) is 6.92 Å². The van der Waals surface area contributed by atoms with E-state index >= 15 is 0 Å². The molecule has 1 N–H and O–H groups in total. The first kappa shape index (κ1) is 16.4. The van der Waals surface area contributed by atoms with E-state index in [2.05, 4.69) is 36.5 Å². The van der Waals surface area contributed by atoms with E-state index in [1.165, 1.54) is 24.0 Å². The predicted molar refractivity (Wildman–Crippen MR) is 88.5 cm³/mol. The molecule has 0 radical (unpaired) electrons. The van der Waals surface area contributed by atoms with Crippen LogP contribution in [0.5, 0.6) is 0 Å². The number of nitrogens with one attached hydrogen (secondary N) is 1. The van der Waals surface area contributed by atoms with Gasteiger partial charge in [0, 0.05) is 11.8 Å². The highest BCUT2D eigenvalue weighted by Crippen LogP contribution is 2.21. The van der Waals surface area contributed by atoms with Gasteiger partial charge in [-0.1, -0.05) is 29.8 Å². The third-order valence-corrected chi connectivity index (χ3v) is 4.55. The number of ether oxygens (including phenoxy) is 1. The van der Waals surface area contributed by atoms with E-state index in [4.69, 9.17) is 4.74 Å². The zero-order chi connectivity index (χ0) is 15.1. The van der Waals surface area contributed by atoms with Crippen molar-refractivity contribution >= 4 is 17.7 Å². The van der Waals surface area contributed by atoms with Crippen molar-refractivity contribution in [3.8, 4) is 0 Å². The van der Waals surface area contributed by atoms with E-state index < -0.39 is 0 Å². The highest BCUT2D eigenvalue weighted by molar-refractivity contribution is 7.98. The summed E-state index contributed by atoms with van der Waals surface area (Å²) in [5.74, 6) is 1.87. The Hall–Kier alpha value is -1.00.